The second-order valence-electron chi connectivity index (χ2n) is 5.55. The van der Waals surface area contributed by atoms with Crippen LogP contribution in [0.4, 0.5) is 5.82 Å². The van der Waals surface area contributed by atoms with Gasteiger partial charge in [0, 0.05) is 22.8 Å². The van der Waals surface area contributed by atoms with Crippen LogP contribution >= 0.6 is 11.6 Å². The van der Waals surface area contributed by atoms with Crippen molar-refractivity contribution >= 4 is 23.3 Å². The van der Waals surface area contributed by atoms with E-state index in [4.69, 9.17) is 21.1 Å². The molecule has 0 bridgehead atoms. The highest BCUT2D eigenvalue weighted by atomic mass is 35.5. The second-order valence-corrected chi connectivity index (χ2v) is 5.99. The van der Waals surface area contributed by atoms with Crippen LogP contribution in [0.3, 0.4) is 0 Å². The minimum Gasteiger partial charge on any atom is -0.454 e. The summed E-state index contributed by atoms with van der Waals surface area (Å²) in [4.78, 5) is 12.4. The summed E-state index contributed by atoms with van der Waals surface area (Å²) in [5.41, 5.74) is 1.51. The van der Waals surface area contributed by atoms with Crippen molar-refractivity contribution in [3.8, 4) is 11.5 Å². The molecule has 0 radical (unpaired) electrons. The summed E-state index contributed by atoms with van der Waals surface area (Å²) in [6.07, 6.45) is 1.80. The fraction of sp³-hybridized carbons (Fsp3) is 0.111. The maximum Gasteiger partial charge on any atom is 0.257 e. The quantitative estimate of drug-likeness (QED) is 0.777. The average molecular weight is 356 g/mol. The van der Waals surface area contributed by atoms with Crippen molar-refractivity contribution in [2.75, 3.05) is 12.1 Å². The van der Waals surface area contributed by atoms with E-state index in [0.29, 0.717) is 34.4 Å². The predicted molar refractivity (Wildman–Crippen MR) is 93.3 cm³/mol. The summed E-state index contributed by atoms with van der Waals surface area (Å²) in [5.74, 6) is 1.43. The molecule has 0 spiro atoms. The first-order chi connectivity index (χ1) is 12.2. The van der Waals surface area contributed by atoms with E-state index in [0.717, 1.165) is 5.56 Å². The van der Waals surface area contributed by atoms with Gasteiger partial charge in [0.25, 0.3) is 5.91 Å². The highest BCUT2D eigenvalue weighted by Crippen LogP contribution is 2.32. The minimum absolute atomic E-state index is 0.175. The van der Waals surface area contributed by atoms with E-state index < -0.39 is 0 Å². The number of fused-ring (bicyclic) bond motifs is 1. The molecule has 7 heteroatoms. The molecule has 1 aliphatic rings. The first-order valence-corrected chi connectivity index (χ1v) is 8.04. The number of nitrogens with one attached hydrogen (secondary N) is 1. The molecule has 0 aliphatic carbocycles. The van der Waals surface area contributed by atoms with Crippen molar-refractivity contribution in [1.82, 2.24) is 9.78 Å². The van der Waals surface area contributed by atoms with E-state index in [1.807, 2.05) is 24.3 Å². The van der Waals surface area contributed by atoms with E-state index in [2.05, 4.69) is 10.4 Å². The lowest BCUT2D eigenvalue weighted by molar-refractivity contribution is 0.102. The van der Waals surface area contributed by atoms with Crippen molar-refractivity contribution in [2.24, 2.45) is 0 Å². The Kier molecular flexibility index (Phi) is 4.03. The van der Waals surface area contributed by atoms with Gasteiger partial charge in [-0.3, -0.25) is 9.48 Å². The molecule has 6 nitrogen and oxygen atoms in total. The van der Waals surface area contributed by atoms with Crippen molar-refractivity contribution in [2.45, 2.75) is 6.54 Å². The van der Waals surface area contributed by atoms with Gasteiger partial charge in [-0.25, -0.2) is 0 Å². The highest BCUT2D eigenvalue weighted by molar-refractivity contribution is 6.30. The van der Waals surface area contributed by atoms with Crippen LogP contribution in [0.15, 0.2) is 54.7 Å². The Labute approximate surface area is 148 Å². The van der Waals surface area contributed by atoms with Crippen LogP contribution in [0.1, 0.15) is 15.9 Å². The lowest BCUT2D eigenvalue weighted by Gasteiger charge is -2.04. The summed E-state index contributed by atoms with van der Waals surface area (Å²) >= 11 is 5.99. The lowest BCUT2D eigenvalue weighted by Crippen LogP contribution is -2.12. The lowest BCUT2D eigenvalue weighted by atomic mass is 10.2. The molecule has 4 rings (SSSR count). The Morgan fingerprint density at radius 3 is 2.92 bits per heavy atom. The summed E-state index contributed by atoms with van der Waals surface area (Å²) in [5, 5.41) is 7.81. The van der Waals surface area contributed by atoms with Crippen molar-refractivity contribution in [3.63, 3.8) is 0 Å². The smallest absolute Gasteiger partial charge is 0.257 e. The molecule has 0 saturated heterocycles. The van der Waals surface area contributed by atoms with Gasteiger partial charge in [0.05, 0.1) is 6.54 Å². The largest absolute Gasteiger partial charge is 0.454 e. The molecule has 0 fully saturated rings. The maximum absolute atomic E-state index is 12.4. The van der Waals surface area contributed by atoms with E-state index in [9.17, 15) is 4.79 Å². The van der Waals surface area contributed by atoms with Crippen molar-refractivity contribution < 1.29 is 14.3 Å². The predicted octanol–water partition coefficient (Wildman–Crippen LogP) is 3.57. The van der Waals surface area contributed by atoms with Gasteiger partial charge >= 0.3 is 0 Å². The molecule has 1 amide bonds. The molecule has 0 unspecified atom stereocenters. The molecular weight excluding hydrogens is 342 g/mol. The van der Waals surface area contributed by atoms with Crippen LogP contribution in [-0.4, -0.2) is 22.5 Å². The van der Waals surface area contributed by atoms with E-state index in [-0.39, 0.29) is 12.7 Å². The maximum atomic E-state index is 12.4. The first kappa shape index (κ1) is 15.5. The Hall–Kier alpha value is -2.99. The number of hydrogen-bond acceptors (Lipinski definition) is 4. The third-order valence-corrected chi connectivity index (χ3v) is 3.99. The minimum atomic E-state index is -0.258. The van der Waals surface area contributed by atoms with Crippen LogP contribution in [0, 0.1) is 0 Å². The summed E-state index contributed by atoms with van der Waals surface area (Å²) in [7, 11) is 0. The first-order valence-electron chi connectivity index (χ1n) is 7.66. The zero-order valence-electron chi connectivity index (χ0n) is 13.1. The number of hydrogen-bond donors (Lipinski definition) is 1. The fourth-order valence-corrected chi connectivity index (χ4v) is 2.78. The molecule has 25 heavy (non-hydrogen) atoms. The standard InChI is InChI=1S/C18H14ClN3O3/c19-14-3-1-2-12(8-14)10-22-7-6-17(21-22)20-18(23)13-4-5-15-16(9-13)25-11-24-15/h1-9H,10-11H2,(H,20,21,23). The van der Waals surface area contributed by atoms with Gasteiger partial charge in [-0.1, -0.05) is 23.7 Å². The van der Waals surface area contributed by atoms with Gasteiger partial charge in [0.15, 0.2) is 17.3 Å². The van der Waals surface area contributed by atoms with Gasteiger partial charge in [-0.15, -0.1) is 0 Å². The molecule has 126 valence electrons. The Balaban J connectivity index is 1.44. The molecule has 0 saturated carbocycles. The number of carbonyl (C=O) groups is 1. The molecule has 3 aromatic rings. The van der Waals surface area contributed by atoms with Crippen LogP contribution in [0.5, 0.6) is 11.5 Å². The zero-order chi connectivity index (χ0) is 17.2. The molecule has 2 heterocycles. The van der Waals surface area contributed by atoms with Crippen LogP contribution in [0.2, 0.25) is 5.02 Å². The number of nitrogens with zero attached hydrogens (tertiary/aromatic N) is 2. The molecule has 1 N–H and O–H groups in total. The van der Waals surface area contributed by atoms with Crippen LogP contribution in [-0.2, 0) is 6.54 Å². The fourth-order valence-electron chi connectivity index (χ4n) is 2.57. The third-order valence-electron chi connectivity index (χ3n) is 3.75. The van der Waals surface area contributed by atoms with Crippen LogP contribution in [0.25, 0.3) is 0 Å². The number of carbonyl (C=O) groups excluding carboxylic acids is 1. The van der Waals surface area contributed by atoms with E-state index in [1.165, 1.54) is 0 Å². The van der Waals surface area contributed by atoms with Crippen molar-refractivity contribution in [3.05, 3.63) is 70.9 Å². The van der Waals surface area contributed by atoms with Gasteiger partial charge in [-0.05, 0) is 35.9 Å². The van der Waals surface area contributed by atoms with E-state index >= 15 is 0 Å². The zero-order valence-corrected chi connectivity index (χ0v) is 13.9. The summed E-state index contributed by atoms with van der Waals surface area (Å²) in [6, 6.07) is 14.4. The average Bonchev–Trinajstić information content (AvgIpc) is 3.23. The Morgan fingerprint density at radius 2 is 2.04 bits per heavy atom. The van der Waals surface area contributed by atoms with Gasteiger partial charge < -0.3 is 14.8 Å². The molecule has 0 atom stereocenters. The summed E-state index contributed by atoms with van der Waals surface area (Å²) in [6.45, 7) is 0.745. The number of aromatic nitrogens is 2. The van der Waals surface area contributed by atoms with Gasteiger partial charge in [0.1, 0.15) is 0 Å². The topological polar surface area (TPSA) is 65.4 Å². The molecular formula is C18H14ClN3O3. The van der Waals surface area contributed by atoms with E-state index in [1.54, 1.807) is 35.1 Å². The number of rotatable bonds is 4. The second kappa shape index (κ2) is 6.49. The number of anilines is 1. The SMILES string of the molecule is O=C(Nc1ccn(Cc2cccc(Cl)c2)n1)c1ccc2c(c1)OCO2. The monoisotopic (exact) mass is 355 g/mol. The highest BCUT2D eigenvalue weighted by Gasteiger charge is 2.16. The van der Waals surface area contributed by atoms with Gasteiger partial charge in [-0.2, -0.15) is 5.10 Å². The number of benzene rings is 2. The molecule has 1 aromatic heterocycles. The van der Waals surface area contributed by atoms with Gasteiger partial charge in [0.2, 0.25) is 6.79 Å². The van der Waals surface area contributed by atoms with Crippen molar-refractivity contribution in [1.29, 1.82) is 0 Å². The number of amides is 1. The number of ether oxygens (including phenoxy) is 2. The third kappa shape index (κ3) is 3.44. The summed E-state index contributed by atoms with van der Waals surface area (Å²) < 4.78 is 12.3. The molecule has 1 aliphatic heterocycles. The Morgan fingerprint density at radius 1 is 1.16 bits per heavy atom. The molecule has 2 aromatic carbocycles. The Bertz CT molecular complexity index is 939. The normalized spacial score (nSPS) is 12.2. The van der Waals surface area contributed by atoms with Crippen LogP contribution < -0.4 is 14.8 Å². The number of halogens is 1.